The zero-order chi connectivity index (χ0) is 13.7. The largest absolute Gasteiger partial charge is 0.396 e. The molecule has 0 spiro atoms. The molecule has 0 fully saturated rings. The van der Waals surface area contributed by atoms with Crippen molar-refractivity contribution in [3.8, 4) is 6.07 Å². The lowest BCUT2D eigenvalue weighted by Gasteiger charge is -2.12. The van der Waals surface area contributed by atoms with E-state index in [-0.39, 0.29) is 23.8 Å². The maximum absolute atomic E-state index is 11.0. The Hall–Kier alpha value is -1.40. The molecule has 6 nitrogen and oxygen atoms in total. The third-order valence-electron chi connectivity index (χ3n) is 2.33. The van der Waals surface area contributed by atoms with Crippen molar-refractivity contribution in [2.45, 2.75) is 6.92 Å². The van der Waals surface area contributed by atoms with Crippen molar-refractivity contribution in [3.63, 3.8) is 0 Å². The number of hydrogen-bond acceptors (Lipinski definition) is 5. The molecule has 0 heterocycles. The number of aliphatic hydroxyl groups excluding tert-OH is 1. The smallest absolute Gasteiger partial charge is 0.294 e. The first-order valence-electron chi connectivity index (χ1n) is 5.22. The van der Waals surface area contributed by atoms with Gasteiger partial charge in [-0.2, -0.15) is 5.26 Å². The van der Waals surface area contributed by atoms with Gasteiger partial charge in [0.05, 0.1) is 16.6 Å². The highest BCUT2D eigenvalue weighted by Crippen LogP contribution is 2.31. The molecule has 0 aliphatic carbocycles. The molecule has 18 heavy (non-hydrogen) atoms. The highest BCUT2D eigenvalue weighted by Gasteiger charge is 2.19. The number of halogens is 1. The monoisotopic (exact) mass is 361 g/mol. The fourth-order valence-electron chi connectivity index (χ4n) is 1.32. The summed E-state index contributed by atoms with van der Waals surface area (Å²) in [5, 5.41) is 31.6. The van der Waals surface area contributed by atoms with Crippen molar-refractivity contribution in [1.29, 1.82) is 5.26 Å². The number of nitriles is 1. The van der Waals surface area contributed by atoms with E-state index in [1.54, 1.807) is 6.07 Å². The van der Waals surface area contributed by atoms with Gasteiger partial charge < -0.3 is 10.4 Å². The van der Waals surface area contributed by atoms with Crippen LogP contribution in [0.2, 0.25) is 0 Å². The molecule has 1 aromatic rings. The second-order valence-electron chi connectivity index (χ2n) is 3.89. The highest BCUT2D eigenvalue weighted by atomic mass is 127. The van der Waals surface area contributed by atoms with Gasteiger partial charge in [0.2, 0.25) is 0 Å². The van der Waals surface area contributed by atoms with Gasteiger partial charge in [-0.25, -0.2) is 0 Å². The lowest BCUT2D eigenvalue weighted by Crippen LogP contribution is -2.16. The van der Waals surface area contributed by atoms with E-state index in [0.29, 0.717) is 15.8 Å². The minimum absolute atomic E-state index is 0.00366. The van der Waals surface area contributed by atoms with E-state index in [2.05, 4.69) is 5.32 Å². The van der Waals surface area contributed by atoms with Gasteiger partial charge in [0.15, 0.2) is 0 Å². The number of nitrogens with zero attached hydrogens (tertiary/aromatic N) is 2. The molecule has 1 atom stereocenters. The molecule has 96 valence electrons. The number of nitrogens with one attached hydrogen (secondary N) is 1. The Balaban J connectivity index is 3.09. The van der Waals surface area contributed by atoms with E-state index in [9.17, 15) is 10.1 Å². The van der Waals surface area contributed by atoms with Crippen LogP contribution >= 0.6 is 22.6 Å². The summed E-state index contributed by atoms with van der Waals surface area (Å²) >= 11 is 1.95. The fraction of sp³-hybridized carbons (Fsp3) is 0.364. The van der Waals surface area contributed by atoms with E-state index >= 15 is 0 Å². The van der Waals surface area contributed by atoms with Gasteiger partial charge in [-0.05, 0) is 34.6 Å². The third kappa shape index (κ3) is 3.54. The number of hydrogen-bond donors (Lipinski definition) is 2. The molecular formula is C11H12IN3O3. The molecule has 0 amide bonds. The van der Waals surface area contributed by atoms with Crippen molar-refractivity contribution in [3.05, 3.63) is 31.4 Å². The number of benzene rings is 1. The number of anilines is 1. The standard InChI is InChI=1S/C11H12IN3O3/c1-7(6-16)5-14-11-9(12)2-8(4-13)3-10(11)15(17)18/h2-3,7,14,16H,5-6H2,1H3/t7-/m1/s1. The number of aliphatic hydroxyl groups is 1. The van der Waals surface area contributed by atoms with E-state index in [1.165, 1.54) is 6.07 Å². The number of rotatable bonds is 5. The van der Waals surface area contributed by atoms with Crippen molar-refractivity contribution in [2.24, 2.45) is 5.92 Å². The number of nitro groups is 1. The first-order valence-corrected chi connectivity index (χ1v) is 6.30. The summed E-state index contributed by atoms with van der Waals surface area (Å²) in [5.41, 5.74) is 0.523. The molecule has 2 N–H and O–H groups in total. The molecule has 0 saturated carbocycles. The maximum Gasteiger partial charge on any atom is 0.294 e. The van der Waals surface area contributed by atoms with Crippen molar-refractivity contribution >= 4 is 34.0 Å². The lowest BCUT2D eigenvalue weighted by atomic mass is 10.1. The van der Waals surface area contributed by atoms with Crippen LogP contribution in [0.5, 0.6) is 0 Å². The summed E-state index contributed by atoms with van der Waals surface area (Å²) in [7, 11) is 0. The Kier molecular flexibility index (Phi) is 5.30. The van der Waals surface area contributed by atoms with Gasteiger partial charge in [-0.1, -0.05) is 6.92 Å². The molecule has 7 heteroatoms. The summed E-state index contributed by atoms with van der Waals surface area (Å²) in [6.07, 6.45) is 0. The van der Waals surface area contributed by atoms with Crippen LogP contribution in [0, 0.1) is 30.9 Å². The summed E-state index contributed by atoms with van der Waals surface area (Å²) in [5.74, 6) is -0.00366. The van der Waals surface area contributed by atoms with Gasteiger partial charge in [-0.15, -0.1) is 0 Å². The van der Waals surface area contributed by atoms with Gasteiger partial charge in [0.25, 0.3) is 5.69 Å². The topological polar surface area (TPSA) is 99.2 Å². The van der Waals surface area contributed by atoms with Gasteiger partial charge in [0.1, 0.15) is 5.69 Å². The second kappa shape index (κ2) is 6.51. The third-order valence-corrected chi connectivity index (χ3v) is 3.18. The fourth-order valence-corrected chi connectivity index (χ4v) is 2.12. The van der Waals surface area contributed by atoms with Crippen LogP contribution in [-0.2, 0) is 0 Å². The zero-order valence-corrected chi connectivity index (χ0v) is 11.8. The molecule has 0 unspecified atom stereocenters. The van der Waals surface area contributed by atoms with E-state index in [0.717, 1.165) is 0 Å². The summed E-state index contributed by atoms with van der Waals surface area (Å²) in [6, 6.07) is 4.72. The Labute approximate surface area is 118 Å². The summed E-state index contributed by atoms with van der Waals surface area (Å²) in [6.45, 7) is 2.27. The van der Waals surface area contributed by atoms with Crippen LogP contribution in [0.1, 0.15) is 12.5 Å². The van der Waals surface area contributed by atoms with Crippen molar-refractivity contribution in [1.82, 2.24) is 0 Å². The van der Waals surface area contributed by atoms with Crippen LogP contribution in [0.15, 0.2) is 12.1 Å². The maximum atomic E-state index is 11.0. The normalized spacial score (nSPS) is 11.7. The minimum Gasteiger partial charge on any atom is -0.396 e. The second-order valence-corrected chi connectivity index (χ2v) is 5.05. The molecule has 0 aliphatic heterocycles. The SMILES string of the molecule is C[C@@H](CO)CNc1c(I)cc(C#N)cc1[N+](=O)[O-]. The summed E-state index contributed by atoms with van der Waals surface area (Å²) < 4.78 is 0.614. The number of nitro benzene ring substituents is 1. The molecule has 0 aromatic heterocycles. The molecule has 0 aliphatic rings. The summed E-state index contributed by atoms with van der Waals surface area (Å²) in [4.78, 5) is 10.4. The first kappa shape index (κ1) is 14.7. The zero-order valence-electron chi connectivity index (χ0n) is 9.68. The van der Waals surface area contributed by atoms with Crippen LogP contribution < -0.4 is 5.32 Å². The van der Waals surface area contributed by atoms with E-state index in [4.69, 9.17) is 10.4 Å². The average Bonchev–Trinajstić information content (AvgIpc) is 2.35. The molecule has 1 rings (SSSR count). The molecule has 0 saturated heterocycles. The predicted octanol–water partition coefficient (Wildman–Crippen LogP) is 2.11. The molecule has 1 aromatic carbocycles. The Morgan fingerprint density at radius 1 is 1.67 bits per heavy atom. The Morgan fingerprint density at radius 2 is 2.33 bits per heavy atom. The average molecular weight is 361 g/mol. The van der Waals surface area contributed by atoms with Gasteiger partial charge >= 0.3 is 0 Å². The van der Waals surface area contributed by atoms with Crippen molar-refractivity contribution in [2.75, 3.05) is 18.5 Å². The Bertz CT molecular complexity index is 499. The van der Waals surface area contributed by atoms with Crippen molar-refractivity contribution < 1.29 is 10.0 Å². The molecule has 0 bridgehead atoms. The van der Waals surface area contributed by atoms with E-state index < -0.39 is 4.92 Å². The highest BCUT2D eigenvalue weighted by molar-refractivity contribution is 14.1. The van der Waals surface area contributed by atoms with Crippen LogP contribution in [0.3, 0.4) is 0 Å². The van der Waals surface area contributed by atoms with Crippen LogP contribution in [0.4, 0.5) is 11.4 Å². The minimum atomic E-state index is -0.519. The van der Waals surface area contributed by atoms with Gasteiger partial charge in [-0.3, -0.25) is 10.1 Å². The van der Waals surface area contributed by atoms with E-state index in [1.807, 2.05) is 35.6 Å². The Morgan fingerprint density at radius 3 is 2.83 bits per heavy atom. The lowest BCUT2D eigenvalue weighted by molar-refractivity contribution is -0.384. The quantitative estimate of drug-likeness (QED) is 0.476. The predicted molar refractivity (Wildman–Crippen MR) is 75.3 cm³/mol. The molecular weight excluding hydrogens is 349 g/mol. The van der Waals surface area contributed by atoms with Gasteiger partial charge in [0, 0.05) is 22.8 Å². The van der Waals surface area contributed by atoms with Crippen LogP contribution in [0.25, 0.3) is 0 Å². The first-order chi connectivity index (χ1) is 8.49. The molecule has 0 radical (unpaired) electrons. The van der Waals surface area contributed by atoms with Crippen LogP contribution in [-0.4, -0.2) is 23.2 Å².